The highest BCUT2D eigenvalue weighted by Crippen LogP contribution is 2.13. The van der Waals surface area contributed by atoms with Crippen LogP contribution in [0.2, 0.25) is 0 Å². The molecular weight excluding hydrogens is 322 g/mol. The van der Waals surface area contributed by atoms with E-state index in [2.05, 4.69) is 20.9 Å². The molecule has 0 saturated carbocycles. The number of rotatable bonds is 13. The lowest BCUT2D eigenvalue weighted by Crippen LogP contribution is -3.00. The van der Waals surface area contributed by atoms with Gasteiger partial charge in [-0.05, 0) is 38.5 Å². The van der Waals surface area contributed by atoms with Gasteiger partial charge in [-0.1, -0.05) is 33.1 Å². The molecule has 118 valence electrons. The topological polar surface area (TPSA) is 0 Å². The van der Waals surface area contributed by atoms with Crippen LogP contribution in [0.25, 0.3) is 0 Å². The lowest BCUT2D eigenvalue weighted by molar-refractivity contribution is -0.910. The Balaban J connectivity index is 0. The fraction of sp³-hybridized carbons (Fsp3) is 1.00. The summed E-state index contributed by atoms with van der Waals surface area (Å²) in [5.74, 6) is 0.824. The first-order valence-electron chi connectivity index (χ1n) is 8.08. The van der Waals surface area contributed by atoms with Gasteiger partial charge in [-0.3, -0.25) is 0 Å². The molecule has 0 aliphatic carbocycles. The Labute approximate surface area is 137 Å². The Morgan fingerprint density at radius 2 is 1.11 bits per heavy atom. The predicted octanol–water partition coefficient (Wildman–Crippen LogP) is 2.23. The van der Waals surface area contributed by atoms with Gasteiger partial charge in [0.05, 0.1) is 26.7 Å². The van der Waals surface area contributed by atoms with E-state index >= 15 is 0 Å². The second kappa shape index (κ2) is 15.1. The molecule has 1 atom stereocenters. The van der Waals surface area contributed by atoms with Gasteiger partial charge in [-0.15, -0.1) is 11.6 Å². The van der Waals surface area contributed by atoms with Crippen LogP contribution < -0.4 is 17.0 Å². The molecule has 0 aromatic rings. The number of unbranched alkanes of at least 4 members (excludes halogenated alkanes) is 6. The van der Waals surface area contributed by atoms with E-state index in [1.54, 1.807) is 0 Å². The van der Waals surface area contributed by atoms with Gasteiger partial charge in [0.2, 0.25) is 0 Å². The van der Waals surface area contributed by atoms with Crippen LogP contribution in [0, 0.1) is 0 Å². The lowest BCUT2D eigenvalue weighted by atomic mass is 10.1. The van der Waals surface area contributed by atoms with Gasteiger partial charge >= 0.3 is 0 Å². The minimum absolute atomic E-state index is 0. The molecule has 0 saturated heterocycles. The zero-order valence-corrected chi connectivity index (χ0v) is 15.7. The Morgan fingerprint density at radius 3 is 1.58 bits per heavy atom. The summed E-state index contributed by atoms with van der Waals surface area (Å²) in [5, 5.41) is 0. The van der Waals surface area contributed by atoms with Gasteiger partial charge in [0, 0.05) is 5.88 Å². The van der Waals surface area contributed by atoms with E-state index in [0.717, 1.165) is 5.88 Å². The van der Waals surface area contributed by atoms with Crippen molar-refractivity contribution < 1.29 is 21.5 Å². The molecule has 0 fully saturated rings. The molecule has 0 amide bonds. The largest absolute Gasteiger partial charge is 1.00 e. The molecule has 1 nitrogen and oxygen atoms in total. The van der Waals surface area contributed by atoms with E-state index in [4.69, 9.17) is 11.6 Å². The van der Waals surface area contributed by atoms with E-state index in [0.29, 0.717) is 0 Å². The maximum absolute atomic E-state index is 5.80. The summed E-state index contributed by atoms with van der Waals surface area (Å²) in [6.45, 7) is 8.63. The quantitative estimate of drug-likeness (QED) is 0.270. The second-order valence-corrected chi connectivity index (χ2v) is 6.33. The van der Waals surface area contributed by atoms with Crippen molar-refractivity contribution in [3.05, 3.63) is 0 Å². The highest BCUT2D eigenvalue weighted by atomic mass is 79.9. The number of halogens is 2. The molecule has 0 aliphatic heterocycles. The van der Waals surface area contributed by atoms with Crippen molar-refractivity contribution in [3.63, 3.8) is 0 Å². The molecular formula is C16H35BrClN. The average molecular weight is 357 g/mol. The van der Waals surface area contributed by atoms with Crippen LogP contribution in [0.15, 0.2) is 0 Å². The molecule has 0 spiro atoms. The number of nitrogens with zero attached hydrogens (tertiary/aromatic N) is 1. The van der Waals surface area contributed by atoms with Crippen molar-refractivity contribution in [2.24, 2.45) is 0 Å². The van der Waals surface area contributed by atoms with E-state index in [1.165, 1.54) is 81.9 Å². The maximum Gasteiger partial charge on any atom is 0.0784 e. The molecule has 0 radical (unpaired) electrons. The zero-order chi connectivity index (χ0) is 13.7. The zero-order valence-electron chi connectivity index (χ0n) is 13.4. The highest BCUT2D eigenvalue weighted by molar-refractivity contribution is 6.17. The third kappa shape index (κ3) is 13.5. The molecule has 0 aromatic heterocycles. The van der Waals surface area contributed by atoms with Gasteiger partial charge in [0.15, 0.2) is 0 Å². The van der Waals surface area contributed by atoms with E-state index in [-0.39, 0.29) is 17.0 Å². The monoisotopic (exact) mass is 355 g/mol. The van der Waals surface area contributed by atoms with Crippen LogP contribution in [0.4, 0.5) is 0 Å². The van der Waals surface area contributed by atoms with Crippen LogP contribution in [-0.2, 0) is 0 Å². The first-order valence-corrected chi connectivity index (χ1v) is 8.61. The molecule has 0 aliphatic rings. The molecule has 1 unspecified atom stereocenters. The molecule has 0 heterocycles. The summed E-state index contributed by atoms with van der Waals surface area (Å²) >= 11 is 5.80. The average Bonchev–Trinajstić information content (AvgIpc) is 2.36. The summed E-state index contributed by atoms with van der Waals surface area (Å²) in [5.41, 5.74) is 0. The summed E-state index contributed by atoms with van der Waals surface area (Å²) in [6, 6.07) is 0. The third-order valence-electron chi connectivity index (χ3n) is 3.93. The first kappa shape index (κ1) is 22.0. The van der Waals surface area contributed by atoms with Crippen LogP contribution in [-0.4, -0.2) is 37.0 Å². The third-order valence-corrected chi connectivity index (χ3v) is 4.20. The van der Waals surface area contributed by atoms with Gasteiger partial charge in [-0.2, -0.15) is 0 Å². The van der Waals surface area contributed by atoms with Crippen LogP contribution in [0.3, 0.4) is 0 Å². The Kier molecular flexibility index (Phi) is 17.5. The fourth-order valence-electron chi connectivity index (χ4n) is 2.59. The number of alkyl halides is 1. The molecule has 0 aromatic carbocycles. The van der Waals surface area contributed by atoms with Gasteiger partial charge in [0.25, 0.3) is 0 Å². The second-order valence-electron chi connectivity index (χ2n) is 5.95. The standard InChI is InChI=1S/C16H35ClN.BrH/c1-4-6-8-11-15-18(3,14-10-7-5-2)16-12-9-13-17;/h4-16H2,1-3H3;1H/q+1;/p-1. The van der Waals surface area contributed by atoms with E-state index < -0.39 is 0 Å². The van der Waals surface area contributed by atoms with Crippen molar-refractivity contribution in [2.75, 3.05) is 32.6 Å². The minimum atomic E-state index is 0. The Morgan fingerprint density at radius 1 is 0.684 bits per heavy atom. The summed E-state index contributed by atoms with van der Waals surface area (Å²) in [4.78, 5) is 0. The van der Waals surface area contributed by atoms with Gasteiger partial charge in [0.1, 0.15) is 0 Å². The summed E-state index contributed by atoms with van der Waals surface area (Å²) in [6.07, 6.45) is 12.1. The predicted molar refractivity (Wildman–Crippen MR) is 84.4 cm³/mol. The normalized spacial score (nSPS) is 13.9. The van der Waals surface area contributed by atoms with Gasteiger partial charge in [-0.25, -0.2) is 0 Å². The summed E-state index contributed by atoms with van der Waals surface area (Å²) < 4.78 is 1.28. The Hall–Kier alpha value is 0.730. The van der Waals surface area contributed by atoms with Crippen molar-refractivity contribution in [1.82, 2.24) is 0 Å². The highest BCUT2D eigenvalue weighted by Gasteiger charge is 2.19. The smallest absolute Gasteiger partial charge is 0.0784 e. The SMILES string of the molecule is CCCCCC[N+](C)(CCCCC)CCCCCl.[Br-]. The van der Waals surface area contributed by atoms with Crippen LogP contribution in [0.5, 0.6) is 0 Å². The molecule has 0 bridgehead atoms. The molecule has 19 heavy (non-hydrogen) atoms. The maximum atomic E-state index is 5.80. The number of quaternary nitrogens is 1. The molecule has 0 N–H and O–H groups in total. The van der Waals surface area contributed by atoms with Crippen LogP contribution in [0.1, 0.15) is 71.6 Å². The lowest BCUT2D eigenvalue weighted by Gasteiger charge is -2.35. The van der Waals surface area contributed by atoms with E-state index in [9.17, 15) is 0 Å². The molecule has 3 heteroatoms. The van der Waals surface area contributed by atoms with Crippen molar-refractivity contribution in [1.29, 1.82) is 0 Å². The van der Waals surface area contributed by atoms with Gasteiger partial charge < -0.3 is 21.5 Å². The van der Waals surface area contributed by atoms with Crippen molar-refractivity contribution >= 4 is 11.6 Å². The van der Waals surface area contributed by atoms with E-state index in [1.807, 2.05) is 0 Å². The minimum Gasteiger partial charge on any atom is -1.00 e. The van der Waals surface area contributed by atoms with Crippen molar-refractivity contribution in [3.8, 4) is 0 Å². The first-order chi connectivity index (χ1) is 8.68. The van der Waals surface area contributed by atoms with Crippen LogP contribution >= 0.6 is 11.6 Å². The summed E-state index contributed by atoms with van der Waals surface area (Å²) in [7, 11) is 2.45. The molecule has 0 rings (SSSR count). The number of hydrogen-bond acceptors (Lipinski definition) is 0. The van der Waals surface area contributed by atoms with Crippen molar-refractivity contribution in [2.45, 2.75) is 71.6 Å². The fourth-order valence-corrected chi connectivity index (χ4v) is 2.78. The Bertz CT molecular complexity index is 166. The number of hydrogen-bond donors (Lipinski definition) is 0.